The lowest BCUT2D eigenvalue weighted by Gasteiger charge is -2.06. The second-order valence-electron chi connectivity index (χ2n) is 6.39. The van der Waals surface area contributed by atoms with E-state index in [1.807, 2.05) is 54.6 Å². The molecule has 0 aliphatic carbocycles. The van der Waals surface area contributed by atoms with Gasteiger partial charge in [-0.1, -0.05) is 55.3 Å². The van der Waals surface area contributed by atoms with E-state index in [1.54, 1.807) is 0 Å². The van der Waals surface area contributed by atoms with Crippen LogP contribution in [0.2, 0.25) is 5.15 Å². The van der Waals surface area contributed by atoms with Crippen LogP contribution < -0.4 is 10.2 Å². The Morgan fingerprint density at radius 2 is 2.00 bits per heavy atom. The van der Waals surface area contributed by atoms with E-state index in [-0.39, 0.29) is 12.5 Å². The predicted octanol–water partition coefficient (Wildman–Crippen LogP) is 4.76. The fourth-order valence-corrected chi connectivity index (χ4v) is 2.88. The summed E-state index contributed by atoms with van der Waals surface area (Å²) in [5.74, 6) is 0.303. The first-order valence-corrected chi connectivity index (χ1v) is 9.62. The number of nitrogens with zero attached hydrogens (tertiary/aromatic N) is 2. The number of fused-ring (bicyclic) bond motifs is 1. The van der Waals surface area contributed by atoms with E-state index < -0.39 is 0 Å². The largest absolute Gasteiger partial charge is 0.484 e. The van der Waals surface area contributed by atoms with Crippen molar-refractivity contribution in [3.8, 4) is 5.75 Å². The Balaban J connectivity index is 1.51. The summed E-state index contributed by atoms with van der Waals surface area (Å²) >= 11 is 6.16. The third-order valence-electron chi connectivity index (χ3n) is 4.21. The van der Waals surface area contributed by atoms with Crippen LogP contribution in [0, 0.1) is 0 Å². The Morgan fingerprint density at radius 1 is 1.21 bits per heavy atom. The highest BCUT2D eigenvalue weighted by atomic mass is 35.5. The molecule has 2 aromatic carbocycles. The first-order valence-electron chi connectivity index (χ1n) is 9.24. The van der Waals surface area contributed by atoms with E-state index >= 15 is 0 Å². The number of pyridine rings is 1. The highest BCUT2D eigenvalue weighted by molar-refractivity contribution is 6.32. The Hall–Kier alpha value is -2.92. The lowest BCUT2D eigenvalue weighted by atomic mass is 10.1. The minimum absolute atomic E-state index is 0.116. The second kappa shape index (κ2) is 9.85. The molecule has 6 heteroatoms. The molecule has 0 aliphatic rings. The summed E-state index contributed by atoms with van der Waals surface area (Å²) < 4.78 is 5.49. The summed E-state index contributed by atoms with van der Waals surface area (Å²) in [5.41, 5.74) is 5.14. The number of hydrazone groups is 1. The molecule has 1 N–H and O–H groups in total. The smallest absolute Gasteiger partial charge is 0.277 e. The van der Waals surface area contributed by atoms with Crippen LogP contribution in [0.3, 0.4) is 0 Å². The summed E-state index contributed by atoms with van der Waals surface area (Å²) in [6.45, 7) is 2.05. The highest BCUT2D eigenvalue weighted by Gasteiger charge is 2.04. The van der Waals surface area contributed by atoms with Crippen molar-refractivity contribution in [2.45, 2.75) is 26.2 Å². The number of aryl methyl sites for hydroxylation is 1. The van der Waals surface area contributed by atoms with E-state index in [0.29, 0.717) is 16.5 Å². The number of aromatic nitrogens is 1. The zero-order valence-electron chi connectivity index (χ0n) is 15.7. The molecule has 0 unspecified atom stereocenters. The van der Waals surface area contributed by atoms with Gasteiger partial charge < -0.3 is 4.74 Å². The maximum atomic E-state index is 11.9. The fourth-order valence-electron chi connectivity index (χ4n) is 2.69. The van der Waals surface area contributed by atoms with Crippen LogP contribution in [0.1, 0.15) is 30.9 Å². The number of carbonyl (C=O) groups is 1. The second-order valence-corrected chi connectivity index (χ2v) is 6.75. The number of unbranched alkanes of at least 4 members (excludes halogenated alkanes) is 1. The van der Waals surface area contributed by atoms with Crippen molar-refractivity contribution in [2.75, 3.05) is 6.61 Å². The van der Waals surface area contributed by atoms with Gasteiger partial charge in [0.1, 0.15) is 10.9 Å². The summed E-state index contributed by atoms with van der Waals surface area (Å²) in [5, 5.41) is 5.22. The van der Waals surface area contributed by atoms with E-state index in [4.69, 9.17) is 16.3 Å². The van der Waals surface area contributed by atoms with Crippen molar-refractivity contribution in [1.29, 1.82) is 0 Å². The first-order chi connectivity index (χ1) is 13.7. The van der Waals surface area contributed by atoms with E-state index in [1.165, 1.54) is 18.2 Å². The first kappa shape index (κ1) is 19.8. The van der Waals surface area contributed by atoms with Crippen LogP contribution in [0.15, 0.2) is 59.7 Å². The number of benzene rings is 2. The summed E-state index contributed by atoms with van der Waals surface area (Å²) in [6.07, 6.45) is 4.86. The standard InChI is InChI=1S/C22H22ClN3O2/c1-2-3-6-16-9-11-19(12-10-16)28-15-21(27)26-24-14-18-13-17-7-4-5-8-20(17)25-22(18)23/h4-5,7-14H,2-3,6,15H2,1H3,(H,26,27)/b24-14+. The molecule has 0 aliphatic heterocycles. The van der Waals surface area contributed by atoms with Crippen molar-refractivity contribution >= 4 is 34.6 Å². The monoisotopic (exact) mass is 395 g/mol. The molecule has 1 amide bonds. The van der Waals surface area contributed by atoms with Crippen LogP contribution >= 0.6 is 11.6 Å². The van der Waals surface area contributed by atoms with Gasteiger partial charge in [-0.05, 0) is 42.7 Å². The van der Waals surface area contributed by atoms with Gasteiger partial charge >= 0.3 is 0 Å². The molecule has 1 heterocycles. The summed E-state index contributed by atoms with van der Waals surface area (Å²) in [6, 6.07) is 17.3. The summed E-state index contributed by atoms with van der Waals surface area (Å²) in [7, 11) is 0. The van der Waals surface area contributed by atoms with Crippen molar-refractivity contribution in [3.63, 3.8) is 0 Å². The zero-order chi connectivity index (χ0) is 19.8. The Kier molecular flexibility index (Phi) is 6.98. The number of carbonyl (C=O) groups excluding carboxylic acids is 1. The summed E-state index contributed by atoms with van der Waals surface area (Å²) in [4.78, 5) is 16.2. The molecule has 0 saturated carbocycles. The number of hydrogen-bond acceptors (Lipinski definition) is 4. The predicted molar refractivity (Wildman–Crippen MR) is 113 cm³/mol. The van der Waals surface area contributed by atoms with Crippen LogP contribution in [0.5, 0.6) is 5.75 Å². The van der Waals surface area contributed by atoms with Crippen LogP contribution in [-0.4, -0.2) is 23.7 Å². The average molecular weight is 396 g/mol. The molecule has 144 valence electrons. The van der Waals surface area contributed by atoms with Gasteiger partial charge in [0.2, 0.25) is 0 Å². The molecule has 1 aromatic heterocycles. The molecule has 0 bridgehead atoms. The van der Waals surface area contributed by atoms with Crippen LogP contribution in [-0.2, 0) is 11.2 Å². The Morgan fingerprint density at radius 3 is 2.79 bits per heavy atom. The zero-order valence-corrected chi connectivity index (χ0v) is 16.4. The highest BCUT2D eigenvalue weighted by Crippen LogP contribution is 2.19. The number of para-hydroxylation sites is 1. The number of nitrogens with one attached hydrogen (secondary N) is 1. The quantitative estimate of drug-likeness (QED) is 0.340. The number of rotatable bonds is 8. The van der Waals surface area contributed by atoms with Crippen LogP contribution in [0.25, 0.3) is 10.9 Å². The van der Waals surface area contributed by atoms with Crippen molar-refractivity contribution < 1.29 is 9.53 Å². The lowest BCUT2D eigenvalue weighted by Crippen LogP contribution is -2.24. The molecule has 3 rings (SSSR count). The van der Waals surface area contributed by atoms with Gasteiger partial charge in [0.25, 0.3) is 5.91 Å². The molecule has 0 fully saturated rings. The van der Waals surface area contributed by atoms with Gasteiger partial charge in [-0.15, -0.1) is 0 Å². The number of hydrogen-bond donors (Lipinski definition) is 1. The number of ether oxygens (including phenoxy) is 1. The van der Waals surface area contributed by atoms with Crippen molar-refractivity contribution in [2.24, 2.45) is 5.10 Å². The topological polar surface area (TPSA) is 63.6 Å². The van der Waals surface area contributed by atoms with Gasteiger partial charge in [-0.2, -0.15) is 5.10 Å². The molecular weight excluding hydrogens is 374 g/mol. The molecule has 28 heavy (non-hydrogen) atoms. The van der Waals surface area contributed by atoms with Crippen molar-refractivity contribution in [3.05, 3.63) is 70.9 Å². The molecule has 3 aromatic rings. The molecular formula is C22H22ClN3O2. The maximum Gasteiger partial charge on any atom is 0.277 e. The van der Waals surface area contributed by atoms with Crippen molar-refractivity contribution in [1.82, 2.24) is 10.4 Å². The maximum absolute atomic E-state index is 11.9. The third kappa shape index (κ3) is 5.54. The minimum atomic E-state index is -0.351. The van der Waals surface area contributed by atoms with E-state index in [9.17, 15) is 4.79 Å². The number of amides is 1. The van der Waals surface area contributed by atoms with Gasteiger partial charge in [0.15, 0.2) is 6.61 Å². The normalized spacial score (nSPS) is 11.1. The molecule has 0 spiro atoms. The van der Waals surface area contributed by atoms with Gasteiger partial charge in [-0.3, -0.25) is 4.79 Å². The molecule has 0 atom stereocenters. The third-order valence-corrected chi connectivity index (χ3v) is 4.51. The Labute approximate surface area is 169 Å². The Bertz CT molecular complexity index is 971. The minimum Gasteiger partial charge on any atom is -0.484 e. The molecule has 5 nitrogen and oxygen atoms in total. The average Bonchev–Trinajstić information content (AvgIpc) is 2.72. The van der Waals surface area contributed by atoms with E-state index in [2.05, 4.69) is 22.4 Å². The van der Waals surface area contributed by atoms with E-state index in [0.717, 1.165) is 23.7 Å². The van der Waals surface area contributed by atoms with Crippen LogP contribution in [0.4, 0.5) is 0 Å². The lowest BCUT2D eigenvalue weighted by molar-refractivity contribution is -0.123. The van der Waals surface area contributed by atoms with Gasteiger partial charge in [-0.25, -0.2) is 10.4 Å². The molecule has 0 radical (unpaired) electrons. The number of halogens is 1. The van der Waals surface area contributed by atoms with Gasteiger partial charge in [0.05, 0.1) is 11.7 Å². The fraction of sp³-hybridized carbons (Fsp3) is 0.227. The van der Waals surface area contributed by atoms with Gasteiger partial charge in [0, 0.05) is 10.9 Å². The SMILES string of the molecule is CCCCc1ccc(OCC(=O)N/N=C/c2cc3ccccc3nc2Cl)cc1. The molecule has 0 saturated heterocycles.